The average Bonchev–Trinajstić information content (AvgIpc) is 2.68. The molecular formula is C21H10Cl2F3NO2S. The molecule has 9 heteroatoms. The quantitative estimate of drug-likeness (QED) is 0.256. The van der Waals surface area contributed by atoms with Crippen LogP contribution in [0.1, 0.15) is 0 Å². The van der Waals surface area contributed by atoms with Gasteiger partial charge in [0.2, 0.25) is 9.84 Å². The molecule has 0 saturated carbocycles. The van der Waals surface area contributed by atoms with E-state index in [9.17, 15) is 21.6 Å². The van der Waals surface area contributed by atoms with E-state index in [-0.39, 0.29) is 16.0 Å². The number of benzene rings is 3. The molecule has 0 spiro atoms. The molecule has 0 fully saturated rings. The van der Waals surface area contributed by atoms with Crippen molar-refractivity contribution in [2.45, 2.75) is 9.79 Å². The Hall–Kier alpha value is -2.61. The number of aromatic nitrogens is 1. The van der Waals surface area contributed by atoms with Gasteiger partial charge in [-0.3, -0.25) is 0 Å². The molecule has 4 aromatic rings. The van der Waals surface area contributed by atoms with Crippen LogP contribution in [0, 0.1) is 17.5 Å². The molecule has 30 heavy (non-hydrogen) atoms. The van der Waals surface area contributed by atoms with Gasteiger partial charge in [0.05, 0.1) is 15.4 Å². The minimum Gasteiger partial charge on any atom is -0.235 e. The van der Waals surface area contributed by atoms with Gasteiger partial charge in [0, 0.05) is 17.0 Å². The lowest BCUT2D eigenvalue weighted by atomic mass is 10.0. The third-order valence-electron chi connectivity index (χ3n) is 4.43. The minimum atomic E-state index is -4.40. The van der Waals surface area contributed by atoms with Gasteiger partial charge in [-0.25, -0.2) is 26.6 Å². The first kappa shape index (κ1) is 20.7. The van der Waals surface area contributed by atoms with Crippen molar-refractivity contribution in [1.82, 2.24) is 4.98 Å². The molecule has 4 rings (SSSR count). The van der Waals surface area contributed by atoms with Gasteiger partial charge in [-0.1, -0.05) is 41.4 Å². The van der Waals surface area contributed by atoms with Crippen molar-refractivity contribution >= 4 is 43.9 Å². The van der Waals surface area contributed by atoms with Crippen molar-refractivity contribution in [2.24, 2.45) is 0 Å². The number of fused-ring (bicyclic) bond motifs is 1. The molecule has 0 aliphatic heterocycles. The van der Waals surface area contributed by atoms with Crippen LogP contribution in [0.4, 0.5) is 13.2 Å². The maximum atomic E-state index is 14.0. The van der Waals surface area contributed by atoms with Crippen molar-refractivity contribution in [2.75, 3.05) is 0 Å². The van der Waals surface area contributed by atoms with Gasteiger partial charge < -0.3 is 0 Å². The van der Waals surface area contributed by atoms with Crippen LogP contribution in [0.5, 0.6) is 0 Å². The summed E-state index contributed by atoms with van der Waals surface area (Å²) in [5.74, 6) is -2.59. The summed E-state index contributed by atoms with van der Waals surface area (Å²) in [6.45, 7) is 0. The Labute approximate surface area is 179 Å². The fourth-order valence-corrected chi connectivity index (χ4v) is 5.41. The standard InChI is InChI=1S/C21H10Cl2F3NO2S/c22-16-10-14(5-6-17(16)26)30(28,29)20-19(11-7-12(24)9-13(25)8-11)15-3-1-2-4-18(15)27-21(20)23/h1-10H. The molecule has 0 aliphatic rings. The Morgan fingerprint density at radius 2 is 1.50 bits per heavy atom. The Balaban J connectivity index is 2.14. The molecule has 3 nitrogen and oxygen atoms in total. The van der Waals surface area contributed by atoms with Crippen molar-refractivity contribution in [3.63, 3.8) is 0 Å². The van der Waals surface area contributed by atoms with Gasteiger partial charge in [0.1, 0.15) is 27.5 Å². The van der Waals surface area contributed by atoms with Crippen molar-refractivity contribution in [3.05, 3.63) is 88.3 Å². The zero-order valence-corrected chi connectivity index (χ0v) is 17.2. The average molecular weight is 468 g/mol. The molecule has 3 aromatic carbocycles. The van der Waals surface area contributed by atoms with E-state index in [0.717, 1.165) is 30.3 Å². The van der Waals surface area contributed by atoms with Gasteiger partial charge in [0.15, 0.2) is 0 Å². The van der Waals surface area contributed by atoms with Crippen LogP contribution in [0.2, 0.25) is 10.2 Å². The topological polar surface area (TPSA) is 47.0 Å². The summed E-state index contributed by atoms with van der Waals surface area (Å²) in [6, 6.07) is 12.0. The lowest BCUT2D eigenvalue weighted by Crippen LogP contribution is -2.07. The van der Waals surface area contributed by atoms with E-state index in [1.54, 1.807) is 24.3 Å². The summed E-state index contributed by atoms with van der Waals surface area (Å²) in [7, 11) is -4.40. The van der Waals surface area contributed by atoms with Crippen molar-refractivity contribution < 1.29 is 21.6 Å². The van der Waals surface area contributed by atoms with Crippen molar-refractivity contribution in [1.29, 1.82) is 0 Å². The van der Waals surface area contributed by atoms with E-state index in [4.69, 9.17) is 23.2 Å². The highest BCUT2D eigenvalue weighted by Crippen LogP contribution is 2.41. The van der Waals surface area contributed by atoms with E-state index in [1.807, 2.05) is 0 Å². The van der Waals surface area contributed by atoms with E-state index in [0.29, 0.717) is 17.0 Å². The summed E-state index contributed by atoms with van der Waals surface area (Å²) < 4.78 is 68.4. The number of sulfone groups is 1. The Morgan fingerprint density at radius 1 is 0.833 bits per heavy atom. The first-order valence-electron chi connectivity index (χ1n) is 8.43. The lowest BCUT2D eigenvalue weighted by Gasteiger charge is -2.16. The lowest BCUT2D eigenvalue weighted by molar-refractivity contribution is 0.583. The Morgan fingerprint density at radius 3 is 2.17 bits per heavy atom. The normalized spacial score (nSPS) is 11.8. The first-order valence-corrected chi connectivity index (χ1v) is 10.7. The van der Waals surface area contributed by atoms with Gasteiger partial charge in [-0.05, 0) is 42.0 Å². The summed E-state index contributed by atoms with van der Waals surface area (Å²) in [6.07, 6.45) is 0. The highest BCUT2D eigenvalue weighted by molar-refractivity contribution is 7.91. The van der Waals surface area contributed by atoms with E-state index >= 15 is 0 Å². The summed E-state index contributed by atoms with van der Waals surface area (Å²) in [5, 5.41) is -0.480. The molecule has 0 bridgehead atoms. The predicted molar refractivity (Wildman–Crippen MR) is 109 cm³/mol. The van der Waals surface area contributed by atoms with E-state index in [1.165, 1.54) is 0 Å². The highest BCUT2D eigenvalue weighted by atomic mass is 35.5. The Kier molecular flexibility index (Phi) is 5.22. The molecule has 0 unspecified atom stereocenters. The van der Waals surface area contributed by atoms with Crippen LogP contribution < -0.4 is 0 Å². The molecule has 0 aliphatic carbocycles. The molecule has 0 atom stereocenters. The van der Waals surface area contributed by atoms with Gasteiger partial charge >= 0.3 is 0 Å². The highest BCUT2D eigenvalue weighted by Gasteiger charge is 2.29. The van der Waals surface area contributed by atoms with Crippen LogP contribution in [0.3, 0.4) is 0 Å². The van der Waals surface area contributed by atoms with Crippen LogP contribution >= 0.6 is 23.2 Å². The summed E-state index contributed by atoms with van der Waals surface area (Å²) in [4.78, 5) is 3.33. The SMILES string of the molecule is O=S(=O)(c1ccc(F)c(Cl)c1)c1c(Cl)nc2ccccc2c1-c1cc(F)cc(F)c1. The minimum absolute atomic E-state index is 0.0237. The summed E-state index contributed by atoms with van der Waals surface area (Å²) in [5.41, 5.74) is 0.266. The third kappa shape index (κ3) is 3.53. The second-order valence-electron chi connectivity index (χ2n) is 6.36. The second kappa shape index (κ2) is 7.58. The molecule has 1 heterocycles. The molecule has 1 aromatic heterocycles. The number of hydrogen-bond donors (Lipinski definition) is 0. The van der Waals surface area contributed by atoms with Crippen LogP contribution in [0.15, 0.2) is 70.5 Å². The number of halogens is 5. The van der Waals surface area contributed by atoms with E-state index in [2.05, 4.69) is 4.98 Å². The van der Waals surface area contributed by atoms with Gasteiger partial charge in [-0.2, -0.15) is 0 Å². The molecular weight excluding hydrogens is 458 g/mol. The second-order valence-corrected chi connectivity index (χ2v) is 9.01. The molecule has 152 valence electrons. The molecule has 0 N–H and O–H groups in total. The number of para-hydroxylation sites is 1. The zero-order valence-electron chi connectivity index (χ0n) is 14.8. The fourth-order valence-electron chi connectivity index (χ4n) is 3.16. The number of hydrogen-bond acceptors (Lipinski definition) is 3. The van der Waals surface area contributed by atoms with Crippen molar-refractivity contribution in [3.8, 4) is 11.1 Å². The number of nitrogens with zero attached hydrogens (tertiary/aromatic N) is 1. The first-order chi connectivity index (χ1) is 14.2. The van der Waals surface area contributed by atoms with Gasteiger partial charge in [-0.15, -0.1) is 0 Å². The predicted octanol–water partition coefficient (Wildman–Crippen LogP) is 6.46. The summed E-state index contributed by atoms with van der Waals surface area (Å²) >= 11 is 12.0. The smallest absolute Gasteiger partial charge is 0.210 e. The Bertz CT molecular complexity index is 1410. The fraction of sp³-hybridized carbons (Fsp3) is 0. The molecule has 0 radical (unpaired) electrons. The largest absolute Gasteiger partial charge is 0.235 e. The zero-order chi connectivity index (χ0) is 21.6. The van der Waals surface area contributed by atoms with Crippen LogP contribution in [-0.4, -0.2) is 13.4 Å². The van der Waals surface area contributed by atoms with Gasteiger partial charge in [0.25, 0.3) is 0 Å². The van der Waals surface area contributed by atoms with Crippen LogP contribution in [-0.2, 0) is 9.84 Å². The monoisotopic (exact) mass is 467 g/mol. The third-order valence-corrected chi connectivity index (χ3v) is 6.91. The van der Waals surface area contributed by atoms with E-state index < -0.39 is 42.4 Å². The number of rotatable bonds is 3. The molecule has 0 saturated heterocycles. The van der Waals surface area contributed by atoms with Crippen LogP contribution in [0.25, 0.3) is 22.0 Å². The number of pyridine rings is 1. The maximum Gasteiger partial charge on any atom is 0.210 e. The maximum absolute atomic E-state index is 14.0. The molecule has 0 amide bonds.